The number of β-amino-alcohol motifs (C(OH)–C–C–N with tert-alkyl or cyclic N) is 1. The highest BCUT2D eigenvalue weighted by molar-refractivity contribution is 5.96. The molecule has 0 radical (unpaired) electrons. The molecule has 1 unspecified atom stereocenters. The van der Waals surface area contributed by atoms with E-state index in [4.69, 9.17) is 0 Å². The summed E-state index contributed by atoms with van der Waals surface area (Å²) in [6, 6.07) is 13.1. The third kappa shape index (κ3) is 10.1. The summed E-state index contributed by atoms with van der Waals surface area (Å²) in [6.07, 6.45) is 6.51. The zero-order valence-corrected chi connectivity index (χ0v) is 24.2. The summed E-state index contributed by atoms with van der Waals surface area (Å²) in [6.45, 7) is 7.48. The molecule has 2 heterocycles. The summed E-state index contributed by atoms with van der Waals surface area (Å²) in [7, 11) is 0. The molecule has 2 aromatic carbocycles. The normalized spacial score (nSPS) is 17.4. The van der Waals surface area contributed by atoms with Gasteiger partial charge in [-0.3, -0.25) is 9.69 Å². The Kier molecular flexibility index (Phi) is 15.3. The van der Waals surface area contributed by atoms with Crippen molar-refractivity contribution in [1.82, 2.24) is 9.80 Å². The van der Waals surface area contributed by atoms with E-state index in [-0.39, 0.29) is 54.9 Å². The van der Waals surface area contributed by atoms with Gasteiger partial charge >= 0.3 is 0 Å². The van der Waals surface area contributed by atoms with Gasteiger partial charge in [0.25, 0.3) is 0 Å². The molecule has 0 spiro atoms. The highest BCUT2D eigenvalue weighted by atomic mass is 35.5. The number of hydrogen-bond donors (Lipinski definition) is 1. The summed E-state index contributed by atoms with van der Waals surface area (Å²) in [5.41, 5.74) is 4.56. The van der Waals surface area contributed by atoms with Crippen LogP contribution in [0.2, 0.25) is 0 Å². The van der Waals surface area contributed by atoms with Gasteiger partial charge in [0, 0.05) is 31.6 Å². The van der Waals surface area contributed by atoms with E-state index in [1.54, 1.807) is 0 Å². The molecular weight excluding hydrogens is 534 g/mol. The molecule has 2 aliphatic heterocycles. The molecule has 1 fully saturated rings. The molecule has 4 nitrogen and oxygen atoms in total. The Labute approximate surface area is 240 Å². The highest BCUT2D eigenvalue weighted by Gasteiger charge is 2.22. The topological polar surface area (TPSA) is 43.8 Å². The summed E-state index contributed by atoms with van der Waals surface area (Å²) in [5.74, 6) is 0.654. The second-order valence-electron chi connectivity index (χ2n) is 10.2. The van der Waals surface area contributed by atoms with Crippen LogP contribution in [0.5, 0.6) is 0 Å². The van der Waals surface area contributed by atoms with Crippen molar-refractivity contribution in [1.29, 1.82) is 0 Å². The minimum atomic E-state index is -0.224. The monoisotopic (exact) mass is 574 g/mol. The molecule has 2 aliphatic rings. The molecule has 1 atom stereocenters. The van der Waals surface area contributed by atoms with Gasteiger partial charge in [-0.05, 0) is 99.0 Å². The van der Waals surface area contributed by atoms with Crippen molar-refractivity contribution in [2.24, 2.45) is 5.92 Å². The molecule has 0 saturated carbocycles. The predicted molar refractivity (Wildman–Crippen MR) is 156 cm³/mol. The number of Topliss-reactive ketones (excluding diaryl/α,β-unsaturated/α-hetero) is 1. The van der Waals surface area contributed by atoms with Crippen LogP contribution in [0.15, 0.2) is 42.5 Å². The average molecular weight is 576 g/mol. The van der Waals surface area contributed by atoms with Crippen LogP contribution in [-0.4, -0.2) is 53.0 Å². The second kappa shape index (κ2) is 16.7. The summed E-state index contributed by atoms with van der Waals surface area (Å²) in [5, 5.41) is 9.88. The van der Waals surface area contributed by atoms with E-state index >= 15 is 0 Å². The van der Waals surface area contributed by atoms with Crippen LogP contribution in [0.25, 0.3) is 0 Å². The number of halogens is 4. The zero-order chi connectivity index (χ0) is 23.9. The fourth-order valence-corrected chi connectivity index (χ4v) is 5.35. The van der Waals surface area contributed by atoms with Crippen molar-refractivity contribution in [3.63, 3.8) is 0 Å². The van der Waals surface area contributed by atoms with Crippen molar-refractivity contribution in [2.45, 2.75) is 71.1 Å². The SMILES string of the molecule is CCC(O)CN1CCC(CCC(=O)c2ccc3c(c2)CN(Cc2ccc(F)cc2)CCC3)CC1.Cl.Cl.Cl. The number of carbonyl (C=O) groups is 1. The Balaban J connectivity index is 0.00000228. The number of piperidine rings is 1. The molecule has 1 saturated heterocycles. The van der Waals surface area contributed by atoms with E-state index in [0.717, 1.165) is 88.9 Å². The highest BCUT2D eigenvalue weighted by Crippen LogP contribution is 2.25. The molecule has 0 amide bonds. The van der Waals surface area contributed by atoms with Crippen molar-refractivity contribution < 1.29 is 14.3 Å². The first-order valence-electron chi connectivity index (χ1n) is 13.0. The smallest absolute Gasteiger partial charge is 0.162 e. The van der Waals surface area contributed by atoms with E-state index in [1.807, 2.05) is 25.1 Å². The van der Waals surface area contributed by atoms with Crippen molar-refractivity contribution in [3.8, 4) is 0 Å². The summed E-state index contributed by atoms with van der Waals surface area (Å²) < 4.78 is 13.2. The lowest BCUT2D eigenvalue weighted by Crippen LogP contribution is -2.38. The van der Waals surface area contributed by atoms with E-state index in [9.17, 15) is 14.3 Å². The number of hydrogen-bond acceptors (Lipinski definition) is 4. The minimum Gasteiger partial charge on any atom is -0.392 e. The maximum atomic E-state index is 13.2. The number of aliphatic hydroxyl groups is 1. The van der Waals surface area contributed by atoms with Gasteiger partial charge in [-0.2, -0.15) is 0 Å². The van der Waals surface area contributed by atoms with Crippen molar-refractivity contribution in [2.75, 3.05) is 26.2 Å². The fraction of sp³-hybridized carbons (Fsp3) is 0.552. The molecule has 0 bridgehead atoms. The van der Waals surface area contributed by atoms with Crippen LogP contribution in [-0.2, 0) is 19.5 Å². The van der Waals surface area contributed by atoms with Crippen LogP contribution in [0, 0.1) is 11.7 Å². The molecular formula is C29H42Cl3FN2O2. The molecule has 8 heteroatoms. The third-order valence-electron chi connectivity index (χ3n) is 7.59. The number of benzene rings is 2. The molecule has 0 aliphatic carbocycles. The lowest BCUT2D eigenvalue weighted by atomic mass is 9.89. The van der Waals surface area contributed by atoms with Gasteiger partial charge in [-0.25, -0.2) is 4.39 Å². The van der Waals surface area contributed by atoms with Gasteiger partial charge < -0.3 is 10.0 Å². The molecule has 0 aromatic heterocycles. The number of carbonyl (C=O) groups excluding carboxylic acids is 1. The number of likely N-dealkylation sites (tertiary alicyclic amines) is 1. The summed E-state index contributed by atoms with van der Waals surface area (Å²) >= 11 is 0. The van der Waals surface area contributed by atoms with Crippen LogP contribution in [0.4, 0.5) is 4.39 Å². The van der Waals surface area contributed by atoms with Gasteiger partial charge in [0.1, 0.15) is 5.82 Å². The van der Waals surface area contributed by atoms with E-state index in [1.165, 1.54) is 23.3 Å². The van der Waals surface area contributed by atoms with Crippen LogP contribution in [0.3, 0.4) is 0 Å². The maximum Gasteiger partial charge on any atom is 0.162 e. The molecule has 208 valence electrons. The van der Waals surface area contributed by atoms with Crippen LogP contribution >= 0.6 is 37.2 Å². The van der Waals surface area contributed by atoms with Crippen molar-refractivity contribution >= 4 is 43.0 Å². The predicted octanol–water partition coefficient (Wildman–Crippen LogP) is 6.49. The quantitative estimate of drug-likeness (QED) is 0.347. The zero-order valence-electron chi connectivity index (χ0n) is 21.7. The number of aliphatic hydroxyl groups excluding tert-OH is 1. The first-order valence-corrected chi connectivity index (χ1v) is 13.0. The molecule has 37 heavy (non-hydrogen) atoms. The third-order valence-corrected chi connectivity index (χ3v) is 7.59. The Bertz CT molecular complexity index is 953. The standard InChI is InChI=1S/C29H39FN2O2.3ClH/c1-2-28(33)21-31-16-13-22(14-17-31)7-12-29(34)25-9-8-24-4-3-15-32(20-26(24)18-25)19-23-5-10-27(30)11-6-23;;;/h5-6,8-11,18,22,28,33H,2-4,7,12-17,19-21H2,1H3;3*1H. The average Bonchev–Trinajstić information content (AvgIpc) is 3.05. The molecule has 2 aromatic rings. The first-order chi connectivity index (χ1) is 16.5. The Morgan fingerprint density at radius 2 is 1.70 bits per heavy atom. The van der Waals surface area contributed by atoms with Crippen LogP contribution in [0.1, 0.15) is 72.5 Å². The number of fused-ring (bicyclic) bond motifs is 1. The van der Waals surface area contributed by atoms with Gasteiger partial charge in [0.2, 0.25) is 0 Å². The van der Waals surface area contributed by atoms with Gasteiger partial charge in [-0.1, -0.05) is 31.2 Å². The lowest BCUT2D eigenvalue weighted by molar-refractivity contribution is 0.0833. The number of rotatable bonds is 9. The number of ketones is 1. The van der Waals surface area contributed by atoms with Crippen molar-refractivity contribution in [3.05, 3.63) is 70.5 Å². The van der Waals surface area contributed by atoms with Gasteiger partial charge in [0.15, 0.2) is 5.78 Å². The largest absolute Gasteiger partial charge is 0.392 e. The van der Waals surface area contributed by atoms with E-state index < -0.39 is 0 Å². The number of aryl methyl sites for hydroxylation is 1. The minimum absolute atomic E-state index is 0. The second-order valence-corrected chi connectivity index (χ2v) is 10.2. The van der Waals surface area contributed by atoms with Gasteiger partial charge in [0.05, 0.1) is 6.10 Å². The van der Waals surface area contributed by atoms with E-state index in [0.29, 0.717) is 12.3 Å². The Hall–Kier alpha value is -1.21. The van der Waals surface area contributed by atoms with Crippen LogP contribution < -0.4 is 0 Å². The number of nitrogens with zero attached hydrogens (tertiary/aromatic N) is 2. The Morgan fingerprint density at radius 1 is 1.00 bits per heavy atom. The fourth-order valence-electron chi connectivity index (χ4n) is 5.35. The first kappa shape index (κ1) is 33.8. The molecule has 1 N–H and O–H groups in total. The lowest BCUT2D eigenvalue weighted by Gasteiger charge is -2.33. The maximum absolute atomic E-state index is 13.2. The molecule has 4 rings (SSSR count). The Morgan fingerprint density at radius 3 is 2.38 bits per heavy atom. The summed E-state index contributed by atoms with van der Waals surface area (Å²) in [4.78, 5) is 17.8. The van der Waals surface area contributed by atoms with Gasteiger partial charge in [-0.15, -0.1) is 37.2 Å². The van der Waals surface area contributed by atoms with E-state index in [2.05, 4.69) is 21.9 Å².